The van der Waals surface area contributed by atoms with Gasteiger partial charge < -0.3 is 45.9 Å². The summed E-state index contributed by atoms with van der Waals surface area (Å²) in [7, 11) is 0. The number of fused-ring (bicyclic) bond motifs is 1. The number of amides is 2. The molecule has 2 atom stereocenters. The molecule has 0 bridgehead atoms. The third-order valence-corrected chi connectivity index (χ3v) is 5.99. The maximum Gasteiger partial charge on any atom is 0.326 e. The third kappa shape index (κ3) is 7.13. The molecule has 15 heteroatoms. The van der Waals surface area contributed by atoms with E-state index in [2.05, 4.69) is 28.6 Å². The van der Waals surface area contributed by atoms with Gasteiger partial charge in [0.25, 0.3) is 0 Å². The highest BCUT2D eigenvalue weighted by Crippen LogP contribution is 2.35. The monoisotopic (exact) mass is 575 g/mol. The van der Waals surface area contributed by atoms with Gasteiger partial charge in [0, 0.05) is 24.3 Å². The number of hydrogen-bond acceptors (Lipinski definition) is 11. The van der Waals surface area contributed by atoms with Crippen LogP contribution in [0, 0.1) is 0 Å². The highest BCUT2D eigenvalue weighted by Gasteiger charge is 2.26. The summed E-state index contributed by atoms with van der Waals surface area (Å²) in [5.74, 6) is -5.84. The van der Waals surface area contributed by atoms with Crippen LogP contribution >= 0.6 is 12.6 Å². The van der Waals surface area contributed by atoms with Crippen LogP contribution in [0.4, 0.5) is 5.88 Å². The van der Waals surface area contributed by atoms with Gasteiger partial charge in [0.2, 0.25) is 23.1 Å². The van der Waals surface area contributed by atoms with Gasteiger partial charge in [-0.3, -0.25) is 19.2 Å². The van der Waals surface area contributed by atoms with E-state index in [4.69, 9.17) is 9.52 Å². The number of benzene rings is 2. The van der Waals surface area contributed by atoms with Crippen molar-refractivity contribution in [2.24, 2.45) is 0 Å². The van der Waals surface area contributed by atoms with Crippen molar-refractivity contribution < 1.29 is 49.1 Å². The number of carbonyl (C=O) groups excluding carboxylic acids is 2. The number of hydrogen-bond donors (Lipinski definition) is 9. The zero-order valence-electron chi connectivity index (χ0n) is 20.6. The van der Waals surface area contributed by atoms with Crippen molar-refractivity contribution >= 4 is 53.2 Å². The Morgan fingerprint density at radius 3 is 2.23 bits per heavy atom. The molecule has 2 amide bonds. The van der Waals surface area contributed by atoms with E-state index in [0.717, 1.165) is 12.1 Å². The van der Waals surface area contributed by atoms with E-state index in [1.165, 1.54) is 24.3 Å². The Balaban J connectivity index is 1.89. The van der Waals surface area contributed by atoms with Crippen LogP contribution < -0.4 is 21.4 Å². The van der Waals surface area contributed by atoms with Gasteiger partial charge in [-0.1, -0.05) is 12.1 Å². The Labute approximate surface area is 230 Å². The van der Waals surface area contributed by atoms with Crippen LogP contribution in [-0.2, 0) is 19.2 Å². The van der Waals surface area contributed by atoms with Crippen LogP contribution in [0.3, 0.4) is 0 Å². The fourth-order valence-electron chi connectivity index (χ4n) is 3.71. The molecular weight excluding hydrogens is 550 g/mol. The average molecular weight is 576 g/mol. The summed E-state index contributed by atoms with van der Waals surface area (Å²) >= 11 is 3.96. The molecule has 3 aromatic rings. The Bertz CT molecular complexity index is 1500. The minimum absolute atomic E-state index is 0.109. The minimum atomic E-state index is -1.50. The van der Waals surface area contributed by atoms with E-state index >= 15 is 0 Å². The molecule has 0 radical (unpaired) electrons. The number of nitrogens with one attached hydrogen (secondary N) is 3. The Morgan fingerprint density at radius 2 is 1.62 bits per heavy atom. The van der Waals surface area contributed by atoms with Crippen LogP contribution in [0.2, 0.25) is 0 Å². The van der Waals surface area contributed by atoms with E-state index < -0.39 is 65.7 Å². The number of carboxylic acids is 2. The first-order valence-electron chi connectivity index (χ1n) is 11.6. The van der Waals surface area contributed by atoms with Crippen molar-refractivity contribution in [3.8, 4) is 28.4 Å². The first-order chi connectivity index (χ1) is 18.9. The number of anilines is 1. The second-order valence-corrected chi connectivity index (χ2v) is 8.87. The van der Waals surface area contributed by atoms with Gasteiger partial charge in [0.1, 0.15) is 46.8 Å². The SMILES string of the molecule is O=C(O)CNC(=O)[C@H](CS)NC(=O)CC[C@H](Nc1oc2cc(O)cc(O)c2c(=O)c1-c1ccc(O)cc1)C(=O)O. The van der Waals surface area contributed by atoms with Gasteiger partial charge in [-0.05, 0) is 24.1 Å². The fourth-order valence-corrected chi connectivity index (χ4v) is 3.97. The molecule has 8 N–H and O–H groups in total. The number of thiol groups is 1. The number of carbonyl (C=O) groups is 4. The molecular formula is C25H25N3O11S. The first kappa shape index (κ1) is 29.6. The number of phenols is 3. The summed E-state index contributed by atoms with van der Waals surface area (Å²) in [5.41, 5.74) is -1.00. The van der Waals surface area contributed by atoms with E-state index in [1.54, 1.807) is 0 Å². The van der Waals surface area contributed by atoms with E-state index in [9.17, 15) is 44.4 Å². The lowest BCUT2D eigenvalue weighted by Gasteiger charge is -2.19. The predicted octanol–water partition coefficient (Wildman–Crippen LogP) is 0.837. The van der Waals surface area contributed by atoms with Gasteiger partial charge in [0.15, 0.2) is 0 Å². The summed E-state index contributed by atoms with van der Waals surface area (Å²) in [6.07, 6.45) is -0.756. The van der Waals surface area contributed by atoms with Gasteiger partial charge >= 0.3 is 11.9 Å². The van der Waals surface area contributed by atoms with E-state index in [0.29, 0.717) is 0 Å². The van der Waals surface area contributed by atoms with Crippen molar-refractivity contribution in [2.75, 3.05) is 17.6 Å². The maximum absolute atomic E-state index is 13.4. The number of rotatable bonds is 12. The summed E-state index contributed by atoms with van der Waals surface area (Å²) in [5, 5.41) is 55.0. The second-order valence-electron chi connectivity index (χ2n) is 8.51. The summed E-state index contributed by atoms with van der Waals surface area (Å²) < 4.78 is 5.70. The highest BCUT2D eigenvalue weighted by atomic mass is 32.1. The van der Waals surface area contributed by atoms with E-state index in [1.807, 2.05) is 0 Å². The standard InChI is InChI=1S/C25H25N3O11S/c29-12-3-1-11(2-4-12)20-22(35)21-16(31)7-13(30)8-17(21)39-24(20)28-14(25(37)38)5-6-18(32)27-15(10-40)23(36)26-9-19(33)34/h1-4,7-8,14-15,28-31,40H,5-6,9-10H2,(H,26,36)(H,27,32)(H,33,34)(H,37,38)/t14-,15-/m0/s1. The molecule has 40 heavy (non-hydrogen) atoms. The number of carboxylic acid groups (broad SMARTS) is 2. The van der Waals surface area contributed by atoms with Gasteiger partial charge in [0.05, 0.1) is 5.56 Å². The van der Waals surface area contributed by atoms with Crippen molar-refractivity contribution in [3.05, 3.63) is 46.6 Å². The Kier molecular flexibility index (Phi) is 9.45. The van der Waals surface area contributed by atoms with Crippen molar-refractivity contribution in [1.29, 1.82) is 0 Å². The second kappa shape index (κ2) is 12.8. The molecule has 1 heterocycles. The topological polar surface area (TPSA) is 236 Å². The molecule has 0 unspecified atom stereocenters. The molecule has 1 aromatic heterocycles. The lowest BCUT2D eigenvalue weighted by atomic mass is 10.0. The van der Waals surface area contributed by atoms with Crippen molar-refractivity contribution in [3.63, 3.8) is 0 Å². The normalized spacial score (nSPS) is 12.3. The molecule has 0 aliphatic rings. The Morgan fingerprint density at radius 1 is 0.950 bits per heavy atom. The summed E-state index contributed by atoms with van der Waals surface area (Å²) in [4.78, 5) is 60.6. The largest absolute Gasteiger partial charge is 0.508 e. The zero-order chi connectivity index (χ0) is 29.6. The summed E-state index contributed by atoms with van der Waals surface area (Å²) in [6, 6.07) is 4.61. The molecule has 14 nitrogen and oxygen atoms in total. The molecule has 212 valence electrons. The van der Waals surface area contributed by atoms with Crippen LogP contribution in [-0.4, -0.2) is 73.7 Å². The third-order valence-electron chi connectivity index (χ3n) is 5.63. The van der Waals surface area contributed by atoms with Gasteiger partial charge in [-0.2, -0.15) is 12.6 Å². The lowest BCUT2D eigenvalue weighted by molar-refractivity contribution is -0.138. The fraction of sp³-hybridized carbons (Fsp3) is 0.240. The number of aromatic hydroxyl groups is 3. The average Bonchev–Trinajstić information content (AvgIpc) is 2.88. The lowest BCUT2D eigenvalue weighted by Crippen LogP contribution is -2.49. The quantitative estimate of drug-likeness (QED) is 0.137. The number of phenolic OH excluding ortho intramolecular Hbond substituents is 3. The molecule has 2 aromatic carbocycles. The maximum atomic E-state index is 13.4. The number of aliphatic carboxylic acids is 2. The van der Waals surface area contributed by atoms with E-state index in [-0.39, 0.29) is 45.9 Å². The van der Waals surface area contributed by atoms with Crippen LogP contribution in [0.1, 0.15) is 12.8 Å². The van der Waals surface area contributed by atoms with Crippen LogP contribution in [0.5, 0.6) is 17.2 Å². The minimum Gasteiger partial charge on any atom is -0.508 e. The van der Waals surface area contributed by atoms with Gasteiger partial charge in [-0.25, -0.2) is 4.79 Å². The smallest absolute Gasteiger partial charge is 0.326 e. The molecule has 0 fully saturated rings. The van der Waals surface area contributed by atoms with Crippen LogP contribution in [0.15, 0.2) is 45.6 Å². The predicted molar refractivity (Wildman–Crippen MR) is 144 cm³/mol. The van der Waals surface area contributed by atoms with Crippen LogP contribution in [0.25, 0.3) is 22.1 Å². The zero-order valence-corrected chi connectivity index (χ0v) is 21.5. The molecule has 0 aliphatic heterocycles. The summed E-state index contributed by atoms with van der Waals surface area (Å²) in [6.45, 7) is -0.667. The van der Waals surface area contributed by atoms with Crippen molar-refractivity contribution in [2.45, 2.75) is 24.9 Å². The van der Waals surface area contributed by atoms with Gasteiger partial charge in [-0.15, -0.1) is 0 Å². The molecule has 3 rings (SSSR count). The molecule has 0 saturated carbocycles. The Hall–Kier alpha value is -4.92. The molecule has 0 spiro atoms. The molecule has 0 aliphatic carbocycles. The molecule has 0 saturated heterocycles. The first-order valence-corrected chi connectivity index (χ1v) is 12.3. The highest BCUT2D eigenvalue weighted by molar-refractivity contribution is 7.80. The van der Waals surface area contributed by atoms with Crippen molar-refractivity contribution in [1.82, 2.24) is 10.6 Å².